The standard InChI is InChI=1S/C23H29N3O6S/c1-6-26(14-22(27)24-18-7-8-19-20(13-18)32-10-9-31-19)23(28)17-11-15(2)16(3)21(12-17)33(29,30)25(4)5/h7-8,11-13H,6,9-10,14H2,1-5H3,(H,24,27). The number of anilines is 1. The Morgan fingerprint density at radius 1 is 1.03 bits per heavy atom. The molecule has 2 aromatic carbocycles. The van der Waals surface area contributed by atoms with Crippen LogP contribution in [-0.4, -0.2) is 69.8 Å². The molecule has 0 saturated carbocycles. The molecule has 1 N–H and O–H groups in total. The van der Waals surface area contributed by atoms with Crippen molar-refractivity contribution in [1.82, 2.24) is 9.21 Å². The highest BCUT2D eigenvalue weighted by Crippen LogP contribution is 2.32. The van der Waals surface area contributed by atoms with Crippen LogP contribution in [0.3, 0.4) is 0 Å². The molecule has 1 heterocycles. The van der Waals surface area contributed by atoms with Gasteiger partial charge in [-0.25, -0.2) is 12.7 Å². The third kappa shape index (κ3) is 5.28. The quantitative estimate of drug-likeness (QED) is 0.659. The molecule has 1 aliphatic heterocycles. The summed E-state index contributed by atoms with van der Waals surface area (Å²) in [6, 6.07) is 8.11. The molecular weight excluding hydrogens is 446 g/mol. The fraction of sp³-hybridized carbons (Fsp3) is 0.391. The lowest BCUT2D eigenvalue weighted by molar-refractivity contribution is -0.116. The second kappa shape index (κ2) is 9.80. The Hall–Kier alpha value is -3.11. The van der Waals surface area contributed by atoms with Gasteiger partial charge in [-0.05, 0) is 56.2 Å². The van der Waals surface area contributed by atoms with Crippen LogP contribution in [0.15, 0.2) is 35.2 Å². The predicted molar refractivity (Wildman–Crippen MR) is 124 cm³/mol. The smallest absolute Gasteiger partial charge is 0.254 e. The lowest BCUT2D eigenvalue weighted by atomic mass is 10.1. The number of ether oxygens (including phenoxy) is 2. The molecular formula is C23H29N3O6S. The van der Waals surface area contributed by atoms with E-state index in [0.717, 1.165) is 4.31 Å². The monoisotopic (exact) mass is 475 g/mol. The van der Waals surface area contributed by atoms with Crippen molar-refractivity contribution in [3.8, 4) is 11.5 Å². The average molecular weight is 476 g/mol. The second-order valence-corrected chi connectivity index (χ2v) is 10.0. The third-order valence-electron chi connectivity index (χ3n) is 5.45. The number of carbonyl (C=O) groups is 2. The average Bonchev–Trinajstić information content (AvgIpc) is 2.78. The zero-order valence-electron chi connectivity index (χ0n) is 19.5. The molecule has 0 atom stereocenters. The van der Waals surface area contributed by atoms with Crippen LogP contribution in [0, 0.1) is 13.8 Å². The number of amides is 2. The number of rotatable bonds is 7. The summed E-state index contributed by atoms with van der Waals surface area (Å²) in [5.74, 6) is 0.357. The zero-order valence-corrected chi connectivity index (χ0v) is 20.3. The highest BCUT2D eigenvalue weighted by atomic mass is 32.2. The molecule has 2 aromatic rings. The molecule has 178 valence electrons. The van der Waals surface area contributed by atoms with E-state index in [1.165, 1.54) is 25.1 Å². The number of nitrogens with one attached hydrogen (secondary N) is 1. The molecule has 1 aliphatic rings. The fourth-order valence-corrected chi connectivity index (χ4v) is 4.64. The van der Waals surface area contributed by atoms with Gasteiger partial charge in [0.15, 0.2) is 11.5 Å². The van der Waals surface area contributed by atoms with E-state index in [9.17, 15) is 18.0 Å². The number of hydrogen-bond acceptors (Lipinski definition) is 6. The summed E-state index contributed by atoms with van der Waals surface area (Å²) in [7, 11) is -0.841. The highest BCUT2D eigenvalue weighted by Gasteiger charge is 2.25. The van der Waals surface area contributed by atoms with Gasteiger partial charge in [0.2, 0.25) is 15.9 Å². The van der Waals surface area contributed by atoms with Crippen LogP contribution < -0.4 is 14.8 Å². The number of hydrogen-bond donors (Lipinski definition) is 1. The summed E-state index contributed by atoms with van der Waals surface area (Å²) in [5.41, 5.74) is 2.00. The van der Waals surface area contributed by atoms with E-state index in [0.29, 0.717) is 41.5 Å². The first-order chi connectivity index (χ1) is 15.5. The molecule has 0 radical (unpaired) electrons. The number of carbonyl (C=O) groups excluding carboxylic acids is 2. The molecule has 10 heteroatoms. The molecule has 0 aliphatic carbocycles. The summed E-state index contributed by atoms with van der Waals surface area (Å²) in [5, 5.41) is 2.76. The van der Waals surface area contributed by atoms with E-state index < -0.39 is 15.9 Å². The molecule has 33 heavy (non-hydrogen) atoms. The van der Waals surface area contributed by atoms with Crippen molar-refractivity contribution < 1.29 is 27.5 Å². The fourth-order valence-electron chi connectivity index (χ4n) is 3.42. The van der Waals surface area contributed by atoms with Gasteiger partial charge < -0.3 is 19.7 Å². The number of fused-ring (bicyclic) bond motifs is 1. The number of sulfonamides is 1. The Morgan fingerprint density at radius 3 is 2.33 bits per heavy atom. The lowest BCUT2D eigenvalue weighted by Crippen LogP contribution is -2.38. The summed E-state index contributed by atoms with van der Waals surface area (Å²) >= 11 is 0. The van der Waals surface area contributed by atoms with Gasteiger partial charge in [0.1, 0.15) is 19.8 Å². The minimum atomic E-state index is -3.73. The number of nitrogens with zero attached hydrogens (tertiary/aromatic N) is 2. The van der Waals surface area contributed by atoms with Crippen LogP contribution in [0.2, 0.25) is 0 Å². The molecule has 0 fully saturated rings. The Bertz CT molecular complexity index is 1180. The maximum absolute atomic E-state index is 13.2. The maximum atomic E-state index is 13.2. The molecule has 0 saturated heterocycles. The Kier molecular flexibility index (Phi) is 7.28. The van der Waals surface area contributed by atoms with Crippen LogP contribution in [0.5, 0.6) is 11.5 Å². The third-order valence-corrected chi connectivity index (χ3v) is 7.40. The van der Waals surface area contributed by atoms with Gasteiger partial charge in [0.25, 0.3) is 5.91 Å². The van der Waals surface area contributed by atoms with E-state index in [-0.39, 0.29) is 29.5 Å². The van der Waals surface area contributed by atoms with E-state index in [2.05, 4.69) is 5.32 Å². The van der Waals surface area contributed by atoms with Gasteiger partial charge in [0, 0.05) is 38.0 Å². The van der Waals surface area contributed by atoms with Crippen molar-refractivity contribution in [3.63, 3.8) is 0 Å². The summed E-state index contributed by atoms with van der Waals surface area (Å²) in [4.78, 5) is 27.3. The van der Waals surface area contributed by atoms with Gasteiger partial charge in [-0.2, -0.15) is 0 Å². The van der Waals surface area contributed by atoms with E-state index >= 15 is 0 Å². The van der Waals surface area contributed by atoms with E-state index in [1.54, 1.807) is 45.0 Å². The molecule has 0 aromatic heterocycles. The summed E-state index contributed by atoms with van der Waals surface area (Å²) < 4.78 is 37.6. The molecule has 3 rings (SSSR count). The topological polar surface area (TPSA) is 105 Å². The van der Waals surface area contributed by atoms with Crippen molar-refractivity contribution in [3.05, 3.63) is 47.0 Å². The minimum Gasteiger partial charge on any atom is -0.486 e. The molecule has 0 unspecified atom stereocenters. The van der Waals surface area contributed by atoms with Crippen LogP contribution >= 0.6 is 0 Å². The van der Waals surface area contributed by atoms with Gasteiger partial charge in [-0.3, -0.25) is 9.59 Å². The van der Waals surface area contributed by atoms with Crippen molar-refractivity contribution >= 4 is 27.5 Å². The minimum absolute atomic E-state index is 0.0765. The van der Waals surface area contributed by atoms with Gasteiger partial charge >= 0.3 is 0 Å². The van der Waals surface area contributed by atoms with Gasteiger partial charge in [-0.1, -0.05) is 0 Å². The highest BCUT2D eigenvalue weighted by molar-refractivity contribution is 7.89. The largest absolute Gasteiger partial charge is 0.486 e. The van der Waals surface area contributed by atoms with E-state index in [4.69, 9.17) is 9.47 Å². The summed E-state index contributed by atoms with van der Waals surface area (Å²) in [6.45, 7) is 6.21. The van der Waals surface area contributed by atoms with E-state index in [1.807, 2.05) is 0 Å². The Morgan fingerprint density at radius 2 is 1.70 bits per heavy atom. The van der Waals surface area contributed by atoms with Crippen LogP contribution in [0.4, 0.5) is 5.69 Å². The SMILES string of the molecule is CCN(CC(=O)Nc1ccc2c(c1)OCCO2)C(=O)c1cc(C)c(C)c(S(=O)(=O)N(C)C)c1. The first kappa shape index (κ1) is 24.5. The summed E-state index contributed by atoms with van der Waals surface area (Å²) in [6.07, 6.45) is 0. The normalized spacial score (nSPS) is 13.0. The molecule has 9 nitrogen and oxygen atoms in total. The van der Waals surface area contributed by atoms with Crippen LogP contribution in [-0.2, 0) is 14.8 Å². The van der Waals surface area contributed by atoms with Crippen molar-refractivity contribution in [2.24, 2.45) is 0 Å². The number of aryl methyl sites for hydroxylation is 1. The predicted octanol–water partition coefficient (Wildman–Crippen LogP) is 2.43. The first-order valence-corrected chi connectivity index (χ1v) is 12.0. The zero-order chi connectivity index (χ0) is 24.3. The van der Waals surface area contributed by atoms with Crippen LogP contribution in [0.25, 0.3) is 0 Å². The molecule has 0 spiro atoms. The first-order valence-electron chi connectivity index (χ1n) is 10.6. The second-order valence-electron chi connectivity index (χ2n) is 7.93. The van der Waals surface area contributed by atoms with Crippen molar-refractivity contribution in [1.29, 1.82) is 0 Å². The lowest BCUT2D eigenvalue weighted by Gasteiger charge is -2.23. The van der Waals surface area contributed by atoms with Crippen molar-refractivity contribution in [2.75, 3.05) is 45.7 Å². The molecule has 2 amide bonds. The Balaban J connectivity index is 1.79. The number of benzene rings is 2. The maximum Gasteiger partial charge on any atom is 0.254 e. The van der Waals surface area contributed by atoms with Crippen molar-refractivity contribution in [2.45, 2.75) is 25.7 Å². The Labute approximate surface area is 194 Å². The van der Waals surface area contributed by atoms with Crippen LogP contribution in [0.1, 0.15) is 28.4 Å². The van der Waals surface area contributed by atoms with Gasteiger partial charge in [-0.15, -0.1) is 0 Å². The number of likely N-dealkylation sites (N-methyl/N-ethyl adjacent to an activating group) is 1. The van der Waals surface area contributed by atoms with Gasteiger partial charge in [0.05, 0.1) is 4.90 Å². The molecule has 0 bridgehead atoms.